The Hall–Kier alpha value is -0.650. The van der Waals surface area contributed by atoms with Gasteiger partial charge in [-0.2, -0.15) is 0 Å². The fraction of sp³-hybridized carbons (Fsp3) is 0.800. The third-order valence-electron chi connectivity index (χ3n) is 0.993. The Morgan fingerprint density at radius 1 is 1.70 bits per heavy atom. The fourth-order valence-corrected chi connectivity index (χ4v) is 0.382. The highest BCUT2D eigenvalue weighted by Gasteiger charge is 2.07. The number of amides is 1. The molecular formula is C5H14N4O. The maximum Gasteiger partial charge on any atom is 0.235 e. The van der Waals surface area contributed by atoms with Gasteiger partial charge in [-0.15, -0.1) is 0 Å². The van der Waals surface area contributed by atoms with E-state index in [4.69, 9.17) is 11.5 Å². The molecule has 0 saturated carbocycles. The van der Waals surface area contributed by atoms with Crippen molar-refractivity contribution < 1.29 is 4.79 Å². The lowest BCUT2D eigenvalue weighted by atomic mass is 10.3. The zero-order valence-electron chi connectivity index (χ0n) is 6.29. The average molecular weight is 146 g/mol. The van der Waals surface area contributed by atoms with Crippen LogP contribution < -0.4 is 16.9 Å². The highest BCUT2D eigenvalue weighted by atomic mass is 16.1. The van der Waals surface area contributed by atoms with Crippen molar-refractivity contribution in [1.82, 2.24) is 10.4 Å². The summed E-state index contributed by atoms with van der Waals surface area (Å²) in [6.07, 6.45) is 0. The zero-order chi connectivity index (χ0) is 8.15. The van der Waals surface area contributed by atoms with Crippen molar-refractivity contribution >= 4 is 5.91 Å². The van der Waals surface area contributed by atoms with Crippen LogP contribution in [0, 0.1) is 0 Å². The molecule has 5 nitrogen and oxygen atoms in total. The van der Waals surface area contributed by atoms with Gasteiger partial charge in [-0.25, -0.2) is 0 Å². The van der Waals surface area contributed by atoms with Crippen molar-refractivity contribution in [3.63, 3.8) is 0 Å². The van der Waals surface area contributed by atoms with Gasteiger partial charge in [0.15, 0.2) is 0 Å². The van der Waals surface area contributed by atoms with Gasteiger partial charge in [0, 0.05) is 20.6 Å². The molecular weight excluding hydrogens is 132 g/mol. The summed E-state index contributed by atoms with van der Waals surface area (Å²) in [5.74, 6) is -0.491. The van der Waals surface area contributed by atoms with E-state index >= 15 is 0 Å². The van der Waals surface area contributed by atoms with E-state index in [9.17, 15) is 4.79 Å². The maximum absolute atomic E-state index is 10.4. The van der Waals surface area contributed by atoms with Crippen LogP contribution in [0.15, 0.2) is 0 Å². The summed E-state index contributed by atoms with van der Waals surface area (Å²) in [6, 6.07) is -0.609. The molecule has 0 spiro atoms. The summed E-state index contributed by atoms with van der Waals surface area (Å²) in [6.45, 7) is 0.377. The molecule has 10 heavy (non-hydrogen) atoms. The molecule has 5 N–H and O–H groups in total. The number of hydrazine groups is 1. The quantitative estimate of drug-likeness (QED) is 0.395. The predicted octanol–water partition coefficient (Wildman–Crippen LogP) is -2.13. The Kier molecular flexibility index (Phi) is 3.94. The van der Waals surface area contributed by atoms with Crippen molar-refractivity contribution in [1.29, 1.82) is 0 Å². The van der Waals surface area contributed by atoms with E-state index in [0.717, 1.165) is 0 Å². The summed E-state index contributed by atoms with van der Waals surface area (Å²) in [7, 11) is 3.63. The summed E-state index contributed by atoms with van der Waals surface area (Å²) in [4.78, 5) is 10.4. The van der Waals surface area contributed by atoms with Crippen LogP contribution in [-0.2, 0) is 4.79 Å². The van der Waals surface area contributed by atoms with Gasteiger partial charge in [-0.05, 0) is 0 Å². The number of rotatable bonds is 4. The Bertz CT molecular complexity index is 114. The molecule has 1 amide bonds. The first-order chi connectivity index (χ1) is 4.54. The van der Waals surface area contributed by atoms with Gasteiger partial charge >= 0.3 is 0 Å². The van der Waals surface area contributed by atoms with Crippen molar-refractivity contribution in [3.05, 3.63) is 0 Å². The first kappa shape index (κ1) is 9.35. The molecule has 1 unspecified atom stereocenters. The molecule has 60 valence electrons. The van der Waals surface area contributed by atoms with Crippen molar-refractivity contribution in [2.45, 2.75) is 6.04 Å². The molecule has 0 bridgehead atoms. The van der Waals surface area contributed by atoms with Gasteiger partial charge in [0.25, 0.3) is 0 Å². The fourth-order valence-electron chi connectivity index (χ4n) is 0.382. The minimum Gasteiger partial charge on any atom is -0.368 e. The Balaban J connectivity index is 3.40. The second kappa shape index (κ2) is 4.21. The van der Waals surface area contributed by atoms with E-state index in [2.05, 4.69) is 5.43 Å². The first-order valence-electron chi connectivity index (χ1n) is 2.99. The molecule has 0 saturated heterocycles. The van der Waals surface area contributed by atoms with Crippen LogP contribution in [0.2, 0.25) is 0 Å². The smallest absolute Gasteiger partial charge is 0.235 e. The second-order valence-corrected chi connectivity index (χ2v) is 2.27. The molecule has 0 heterocycles. The number of nitrogens with one attached hydrogen (secondary N) is 1. The van der Waals surface area contributed by atoms with Gasteiger partial charge in [0.2, 0.25) is 5.91 Å². The number of hydrogen-bond acceptors (Lipinski definition) is 4. The summed E-state index contributed by atoms with van der Waals surface area (Å²) in [5, 5.41) is 1.71. The standard InChI is InChI=1S/C5H14N4O/c1-9(2)8-3-4(6)5(7)10/h4,8H,3,6H2,1-2H3,(H2,7,10). The SMILES string of the molecule is CN(C)NCC(N)C(N)=O. The predicted molar refractivity (Wildman–Crippen MR) is 38.9 cm³/mol. The maximum atomic E-state index is 10.4. The Morgan fingerprint density at radius 3 is 2.50 bits per heavy atom. The van der Waals surface area contributed by atoms with Gasteiger partial charge < -0.3 is 11.5 Å². The number of hydrogen-bond donors (Lipinski definition) is 3. The van der Waals surface area contributed by atoms with Crippen LogP contribution in [0.25, 0.3) is 0 Å². The third kappa shape index (κ3) is 4.25. The van der Waals surface area contributed by atoms with E-state index in [0.29, 0.717) is 6.54 Å². The van der Waals surface area contributed by atoms with Crippen LogP contribution in [0.5, 0.6) is 0 Å². The van der Waals surface area contributed by atoms with Crippen LogP contribution in [0.3, 0.4) is 0 Å². The molecule has 0 aliphatic heterocycles. The van der Waals surface area contributed by atoms with Gasteiger partial charge in [0.1, 0.15) is 0 Å². The molecule has 5 heteroatoms. The highest BCUT2D eigenvalue weighted by molar-refractivity contribution is 5.79. The molecule has 0 radical (unpaired) electrons. The monoisotopic (exact) mass is 146 g/mol. The Morgan fingerprint density at radius 2 is 2.20 bits per heavy atom. The third-order valence-corrected chi connectivity index (χ3v) is 0.993. The summed E-state index contributed by atoms with van der Waals surface area (Å²) in [5.41, 5.74) is 13.0. The van der Waals surface area contributed by atoms with Crippen LogP contribution in [-0.4, -0.2) is 37.6 Å². The normalized spacial score (nSPS) is 13.6. The molecule has 0 aliphatic carbocycles. The van der Waals surface area contributed by atoms with Crippen molar-refractivity contribution in [3.8, 4) is 0 Å². The van der Waals surface area contributed by atoms with E-state index < -0.39 is 11.9 Å². The lowest BCUT2D eigenvalue weighted by molar-refractivity contribution is -0.119. The summed E-state index contributed by atoms with van der Waals surface area (Å²) < 4.78 is 0. The van der Waals surface area contributed by atoms with E-state index in [1.165, 1.54) is 0 Å². The summed E-state index contributed by atoms with van der Waals surface area (Å²) >= 11 is 0. The number of carbonyl (C=O) groups is 1. The topological polar surface area (TPSA) is 84.4 Å². The number of nitrogens with zero attached hydrogens (tertiary/aromatic N) is 1. The van der Waals surface area contributed by atoms with E-state index in [1.54, 1.807) is 5.01 Å². The molecule has 0 aromatic carbocycles. The van der Waals surface area contributed by atoms with Gasteiger partial charge in [0.05, 0.1) is 6.04 Å². The van der Waals surface area contributed by atoms with E-state index in [1.807, 2.05) is 14.1 Å². The van der Waals surface area contributed by atoms with Gasteiger partial charge in [-0.3, -0.25) is 15.2 Å². The minimum atomic E-state index is -0.609. The number of primary amides is 1. The molecule has 0 fully saturated rings. The second-order valence-electron chi connectivity index (χ2n) is 2.27. The largest absolute Gasteiger partial charge is 0.368 e. The number of nitrogens with two attached hydrogens (primary N) is 2. The molecule has 0 aliphatic rings. The Labute approximate surface area is 60.3 Å². The molecule has 0 aromatic heterocycles. The number of carbonyl (C=O) groups excluding carboxylic acids is 1. The zero-order valence-corrected chi connectivity index (χ0v) is 6.29. The van der Waals surface area contributed by atoms with Crippen molar-refractivity contribution in [2.75, 3.05) is 20.6 Å². The minimum absolute atomic E-state index is 0.377. The van der Waals surface area contributed by atoms with Gasteiger partial charge in [-0.1, -0.05) is 0 Å². The van der Waals surface area contributed by atoms with Crippen LogP contribution >= 0.6 is 0 Å². The molecule has 0 aromatic rings. The van der Waals surface area contributed by atoms with Crippen LogP contribution in [0.4, 0.5) is 0 Å². The molecule has 0 rings (SSSR count). The highest BCUT2D eigenvalue weighted by Crippen LogP contribution is 1.72. The first-order valence-corrected chi connectivity index (χ1v) is 2.99. The lowest BCUT2D eigenvalue weighted by Gasteiger charge is -2.14. The lowest BCUT2D eigenvalue weighted by Crippen LogP contribution is -2.47. The van der Waals surface area contributed by atoms with Crippen LogP contribution in [0.1, 0.15) is 0 Å². The van der Waals surface area contributed by atoms with Crippen molar-refractivity contribution in [2.24, 2.45) is 11.5 Å². The van der Waals surface area contributed by atoms with E-state index in [-0.39, 0.29) is 0 Å². The average Bonchev–Trinajstić information content (AvgIpc) is 1.82. The molecule has 1 atom stereocenters.